The third-order valence-corrected chi connectivity index (χ3v) is 6.11. The van der Waals surface area contributed by atoms with Gasteiger partial charge in [-0.2, -0.15) is 0 Å². The number of phosphoric acid groups is 1. The third-order valence-electron chi connectivity index (χ3n) is 5.63. The van der Waals surface area contributed by atoms with Gasteiger partial charge in [0.15, 0.2) is 6.10 Å². The molecule has 0 radical (unpaired) electrons. The van der Waals surface area contributed by atoms with Gasteiger partial charge >= 0.3 is 19.8 Å². The highest BCUT2D eigenvalue weighted by Crippen LogP contribution is 2.35. The highest BCUT2D eigenvalue weighted by molar-refractivity contribution is 7.46. The van der Waals surface area contributed by atoms with Crippen molar-refractivity contribution in [1.82, 2.24) is 0 Å². The van der Waals surface area contributed by atoms with E-state index in [1.807, 2.05) is 0 Å². The van der Waals surface area contributed by atoms with E-state index in [2.05, 4.69) is 18.4 Å². The van der Waals surface area contributed by atoms with Crippen LogP contribution >= 0.6 is 7.82 Å². The summed E-state index contributed by atoms with van der Waals surface area (Å²) < 4.78 is 25.9. The van der Waals surface area contributed by atoms with Crippen molar-refractivity contribution >= 4 is 19.8 Å². The lowest BCUT2D eigenvalue weighted by atomic mass is 10.1. The number of hydrogen-bond donors (Lipinski definition) is 2. The molecule has 34 heavy (non-hydrogen) atoms. The Kier molecular flexibility index (Phi) is 21.9. The van der Waals surface area contributed by atoms with Crippen LogP contribution in [0.25, 0.3) is 0 Å². The molecule has 0 aliphatic rings. The quantitative estimate of drug-likeness (QED) is 0.0849. The van der Waals surface area contributed by atoms with Crippen molar-refractivity contribution in [3.63, 3.8) is 0 Å². The summed E-state index contributed by atoms with van der Waals surface area (Å²) >= 11 is 0. The molecule has 0 rings (SSSR count). The van der Waals surface area contributed by atoms with Gasteiger partial charge in [0.1, 0.15) is 6.61 Å². The summed E-state index contributed by atoms with van der Waals surface area (Å²) in [5.41, 5.74) is 0. The molecule has 1 atom stereocenters. The molecule has 0 heterocycles. The van der Waals surface area contributed by atoms with Crippen LogP contribution in [0.15, 0.2) is 0 Å². The molecule has 202 valence electrons. The zero-order valence-electron chi connectivity index (χ0n) is 21.5. The first kappa shape index (κ1) is 33.0. The molecular weight excluding hydrogens is 459 g/mol. The molecule has 8 nitrogen and oxygen atoms in total. The molecule has 0 saturated heterocycles. The molecule has 0 unspecified atom stereocenters. The Hall–Kier alpha value is -0.950. The van der Waals surface area contributed by atoms with E-state index in [-0.39, 0.29) is 19.4 Å². The fourth-order valence-electron chi connectivity index (χ4n) is 3.61. The van der Waals surface area contributed by atoms with Gasteiger partial charge in [-0.15, -0.1) is 0 Å². The number of ether oxygens (including phenoxy) is 2. The molecule has 0 spiro atoms. The van der Waals surface area contributed by atoms with Gasteiger partial charge in [-0.1, -0.05) is 104 Å². The summed E-state index contributed by atoms with van der Waals surface area (Å²) in [5, 5.41) is 0. The molecular formula is C25H49O8P. The minimum absolute atomic E-state index is 0.216. The van der Waals surface area contributed by atoms with Gasteiger partial charge in [0.05, 0.1) is 6.61 Å². The number of carbonyl (C=O) groups excluding carboxylic acids is 2. The van der Waals surface area contributed by atoms with Gasteiger partial charge < -0.3 is 19.3 Å². The van der Waals surface area contributed by atoms with E-state index in [0.29, 0.717) is 6.42 Å². The largest absolute Gasteiger partial charge is 0.469 e. The minimum atomic E-state index is -4.72. The second-order valence-electron chi connectivity index (χ2n) is 9.03. The molecule has 0 aromatic rings. The first-order valence-electron chi connectivity index (χ1n) is 13.3. The van der Waals surface area contributed by atoms with Crippen LogP contribution in [0.4, 0.5) is 0 Å². The van der Waals surface area contributed by atoms with Crippen LogP contribution in [0.1, 0.15) is 129 Å². The van der Waals surface area contributed by atoms with Crippen LogP contribution < -0.4 is 0 Å². The maximum atomic E-state index is 12.1. The maximum absolute atomic E-state index is 12.1. The maximum Gasteiger partial charge on any atom is 0.469 e. The normalized spacial score (nSPS) is 12.5. The van der Waals surface area contributed by atoms with Crippen molar-refractivity contribution in [3.05, 3.63) is 0 Å². The predicted molar refractivity (Wildman–Crippen MR) is 133 cm³/mol. The van der Waals surface area contributed by atoms with Crippen molar-refractivity contribution in [2.75, 3.05) is 13.2 Å². The lowest BCUT2D eigenvalue weighted by Crippen LogP contribution is -2.29. The second kappa shape index (κ2) is 22.5. The number of esters is 2. The average Bonchev–Trinajstić information content (AvgIpc) is 2.78. The fourth-order valence-corrected chi connectivity index (χ4v) is 3.97. The number of hydrogen-bond acceptors (Lipinski definition) is 6. The van der Waals surface area contributed by atoms with Crippen LogP contribution in [0.3, 0.4) is 0 Å². The number of rotatable bonds is 24. The fraction of sp³-hybridized carbons (Fsp3) is 0.920. The molecule has 0 aliphatic heterocycles. The van der Waals surface area contributed by atoms with E-state index < -0.39 is 32.5 Å². The monoisotopic (exact) mass is 508 g/mol. The first-order valence-corrected chi connectivity index (χ1v) is 14.9. The zero-order chi connectivity index (χ0) is 25.5. The van der Waals surface area contributed by atoms with E-state index in [0.717, 1.165) is 38.5 Å². The molecule has 0 saturated carbocycles. The SMILES string of the molecule is CCCCCCCCCCCC(=O)O[C@@H](COC(=O)CCCCCCCCC)COP(=O)(O)O. The summed E-state index contributed by atoms with van der Waals surface area (Å²) in [7, 11) is -4.72. The van der Waals surface area contributed by atoms with Gasteiger partial charge in [-0.05, 0) is 12.8 Å². The van der Waals surface area contributed by atoms with Gasteiger partial charge in [0, 0.05) is 12.8 Å². The highest BCUT2D eigenvalue weighted by Gasteiger charge is 2.22. The zero-order valence-corrected chi connectivity index (χ0v) is 22.4. The van der Waals surface area contributed by atoms with Crippen molar-refractivity contribution in [2.45, 2.75) is 136 Å². The van der Waals surface area contributed by atoms with Gasteiger partial charge in [-0.3, -0.25) is 14.1 Å². The molecule has 0 amide bonds. The van der Waals surface area contributed by atoms with Gasteiger partial charge in [0.25, 0.3) is 0 Å². The molecule has 0 aromatic heterocycles. The van der Waals surface area contributed by atoms with E-state index in [4.69, 9.17) is 19.3 Å². The van der Waals surface area contributed by atoms with Crippen molar-refractivity contribution in [2.24, 2.45) is 0 Å². The molecule has 0 aromatic carbocycles. The Morgan fingerprint density at radius 3 is 1.50 bits per heavy atom. The first-order chi connectivity index (χ1) is 16.3. The minimum Gasteiger partial charge on any atom is -0.462 e. The number of phosphoric ester groups is 1. The Morgan fingerprint density at radius 1 is 0.647 bits per heavy atom. The predicted octanol–water partition coefficient (Wildman–Crippen LogP) is 6.61. The lowest BCUT2D eigenvalue weighted by molar-refractivity contribution is -0.161. The van der Waals surface area contributed by atoms with Crippen molar-refractivity contribution in [3.8, 4) is 0 Å². The van der Waals surface area contributed by atoms with E-state index in [1.165, 1.54) is 57.8 Å². The summed E-state index contributed by atoms with van der Waals surface area (Å²) in [5.74, 6) is -0.893. The molecule has 0 bridgehead atoms. The van der Waals surface area contributed by atoms with Crippen LogP contribution in [-0.2, 0) is 28.2 Å². The van der Waals surface area contributed by atoms with Crippen LogP contribution in [0, 0.1) is 0 Å². The Balaban J connectivity index is 4.12. The highest BCUT2D eigenvalue weighted by atomic mass is 31.2. The third kappa shape index (κ3) is 24.2. The molecule has 2 N–H and O–H groups in total. The van der Waals surface area contributed by atoms with E-state index in [9.17, 15) is 14.2 Å². The summed E-state index contributed by atoms with van der Waals surface area (Å²) in [4.78, 5) is 42.0. The topological polar surface area (TPSA) is 119 Å². The van der Waals surface area contributed by atoms with Crippen LogP contribution in [0.2, 0.25) is 0 Å². The van der Waals surface area contributed by atoms with Crippen molar-refractivity contribution < 1.29 is 37.9 Å². The van der Waals surface area contributed by atoms with Crippen molar-refractivity contribution in [1.29, 1.82) is 0 Å². The standard InChI is InChI=1S/C25H49O8P/c1-3-5-7-9-11-12-14-16-18-20-25(27)33-23(22-32-34(28,29)30)21-31-24(26)19-17-15-13-10-8-6-4-2/h23H,3-22H2,1-2H3,(H2,28,29,30)/t23-/m0/s1. The average molecular weight is 509 g/mol. The smallest absolute Gasteiger partial charge is 0.462 e. The number of unbranched alkanes of at least 4 members (excludes halogenated alkanes) is 14. The van der Waals surface area contributed by atoms with Crippen LogP contribution in [0.5, 0.6) is 0 Å². The molecule has 0 aliphatic carbocycles. The Labute approximate surface area is 206 Å². The number of carbonyl (C=O) groups is 2. The Morgan fingerprint density at radius 2 is 1.06 bits per heavy atom. The van der Waals surface area contributed by atoms with Gasteiger partial charge in [-0.25, -0.2) is 4.57 Å². The summed E-state index contributed by atoms with van der Waals surface area (Å²) in [6.45, 7) is 3.56. The van der Waals surface area contributed by atoms with Gasteiger partial charge in [0.2, 0.25) is 0 Å². The van der Waals surface area contributed by atoms with E-state index >= 15 is 0 Å². The van der Waals surface area contributed by atoms with E-state index in [1.54, 1.807) is 0 Å². The molecule has 9 heteroatoms. The second-order valence-corrected chi connectivity index (χ2v) is 10.3. The Bertz CT molecular complexity index is 549. The molecule has 0 fully saturated rings. The lowest BCUT2D eigenvalue weighted by Gasteiger charge is -2.18. The van der Waals surface area contributed by atoms with Crippen LogP contribution in [-0.4, -0.2) is 41.0 Å². The summed E-state index contributed by atoms with van der Waals surface area (Å²) in [6.07, 6.45) is 17.2. The summed E-state index contributed by atoms with van der Waals surface area (Å²) in [6, 6.07) is 0.